The van der Waals surface area contributed by atoms with Crippen LogP contribution in [0, 0.1) is 0 Å². The van der Waals surface area contributed by atoms with Crippen LogP contribution in [0.4, 0.5) is 5.69 Å². The molecule has 8 heteroatoms. The number of anilines is 1. The third kappa shape index (κ3) is 6.83. The second-order valence-corrected chi connectivity index (χ2v) is 7.61. The van der Waals surface area contributed by atoms with E-state index in [1.54, 1.807) is 30.3 Å². The highest BCUT2D eigenvalue weighted by molar-refractivity contribution is 6.02. The first-order chi connectivity index (χ1) is 15.9. The lowest BCUT2D eigenvalue weighted by molar-refractivity contribution is -0.141. The van der Waals surface area contributed by atoms with Crippen LogP contribution in [0.1, 0.15) is 30.5 Å². The van der Waals surface area contributed by atoms with Crippen molar-refractivity contribution in [2.75, 3.05) is 25.6 Å². The first kappa shape index (κ1) is 23.8. The first-order valence-corrected chi connectivity index (χ1v) is 10.8. The van der Waals surface area contributed by atoms with Crippen molar-refractivity contribution in [1.82, 2.24) is 5.32 Å². The van der Waals surface area contributed by atoms with Crippen LogP contribution in [-0.4, -0.2) is 44.1 Å². The molecule has 2 N–H and O–H groups in total. The normalized spacial score (nSPS) is 14.3. The van der Waals surface area contributed by atoms with Crippen LogP contribution >= 0.6 is 0 Å². The number of carbonyl (C=O) groups excluding carboxylic acids is 3. The molecule has 0 bridgehead atoms. The fourth-order valence-corrected chi connectivity index (χ4v) is 3.41. The molecule has 0 radical (unpaired) electrons. The molecule has 0 fully saturated rings. The van der Waals surface area contributed by atoms with E-state index in [2.05, 4.69) is 15.4 Å². The highest BCUT2D eigenvalue weighted by Crippen LogP contribution is 2.35. The summed E-state index contributed by atoms with van der Waals surface area (Å²) in [5.74, 6) is 0.434. The number of fused-ring (bicyclic) bond motifs is 1. The van der Waals surface area contributed by atoms with Gasteiger partial charge in [-0.2, -0.15) is 0 Å². The van der Waals surface area contributed by atoms with Crippen LogP contribution in [0.5, 0.6) is 11.5 Å². The van der Waals surface area contributed by atoms with E-state index in [-0.39, 0.29) is 30.9 Å². The standard InChI is InChI=1S/C25H28N2O6/c1-4-32-21-14-19-11-16(2)33-22(19)13-18(21)7-10-23(28)27-20-8-5-17(6-9-20)12-24(29)26-15-25(30)31-3/h5-10,13-14,16H,4,11-12,15H2,1-3H3,(H,26,29)(H,27,28). The molecule has 0 spiro atoms. The number of esters is 1. The van der Waals surface area contributed by atoms with Crippen LogP contribution in [0.3, 0.4) is 0 Å². The highest BCUT2D eigenvalue weighted by Gasteiger charge is 2.21. The maximum absolute atomic E-state index is 12.4. The average molecular weight is 453 g/mol. The Morgan fingerprint density at radius 1 is 1.18 bits per heavy atom. The van der Waals surface area contributed by atoms with Crippen molar-refractivity contribution in [3.63, 3.8) is 0 Å². The summed E-state index contributed by atoms with van der Waals surface area (Å²) >= 11 is 0. The van der Waals surface area contributed by atoms with Crippen LogP contribution in [0.15, 0.2) is 42.5 Å². The van der Waals surface area contributed by atoms with Crippen molar-refractivity contribution in [2.45, 2.75) is 32.8 Å². The van der Waals surface area contributed by atoms with Crippen molar-refractivity contribution < 1.29 is 28.6 Å². The number of methoxy groups -OCH3 is 1. The molecule has 33 heavy (non-hydrogen) atoms. The van der Waals surface area contributed by atoms with Crippen molar-refractivity contribution >= 4 is 29.5 Å². The molecule has 1 unspecified atom stereocenters. The molecule has 2 amide bonds. The predicted octanol–water partition coefficient (Wildman–Crippen LogP) is 2.89. The van der Waals surface area contributed by atoms with Crippen molar-refractivity contribution in [1.29, 1.82) is 0 Å². The summed E-state index contributed by atoms with van der Waals surface area (Å²) in [6, 6.07) is 10.8. The fourth-order valence-electron chi connectivity index (χ4n) is 3.41. The Bertz CT molecular complexity index is 1050. The second-order valence-electron chi connectivity index (χ2n) is 7.61. The van der Waals surface area contributed by atoms with Gasteiger partial charge in [0.05, 0.1) is 20.1 Å². The van der Waals surface area contributed by atoms with Gasteiger partial charge < -0.3 is 24.8 Å². The van der Waals surface area contributed by atoms with Crippen LogP contribution in [0.2, 0.25) is 0 Å². The summed E-state index contributed by atoms with van der Waals surface area (Å²) in [7, 11) is 1.26. The minimum absolute atomic E-state index is 0.115. The van der Waals surface area contributed by atoms with E-state index in [1.807, 2.05) is 26.0 Å². The summed E-state index contributed by atoms with van der Waals surface area (Å²) in [5.41, 5.74) is 3.22. The zero-order valence-electron chi connectivity index (χ0n) is 19.0. The zero-order chi connectivity index (χ0) is 23.8. The molecule has 174 valence electrons. The van der Waals surface area contributed by atoms with Gasteiger partial charge in [-0.15, -0.1) is 0 Å². The summed E-state index contributed by atoms with van der Waals surface area (Å²) in [4.78, 5) is 35.3. The lowest BCUT2D eigenvalue weighted by atomic mass is 10.1. The number of rotatable bonds is 9. The van der Waals surface area contributed by atoms with Gasteiger partial charge in [0, 0.05) is 29.3 Å². The number of benzene rings is 2. The van der Waals surface area contributed by atoms with E-state index >= 15 is 0 Å². The number of hydrogen-bond donors (Lipinski definition) is 2. The smallest absolute Gasteiger partial charge is 0.325 e. The number of ether oxygens (including phenoxy) is 3. The van der Waals surface area contributed by atoms with Gasteiger partial charge in [-0.1, -0.05) is 12.1 Å². The van der Waals surface area contributed by atoms with Gasteiger partial charge in [0.15, 0.2) is 0 Å². The van der Waals surface area contributed by atoms with Gasteiger partial charge in [0.2, 0.25) is 11.8 Å². The largest absolute Gasteiger partial charge is 0.493 e. The lowest BCUT2D eigenvalue weighted by Gasteiger charge is -2.10. The van der Waals surface area contributed by atoms with Gasteiger partial charge >= 0.3 is 5.97 Å². The van der Waals surface area contributed by atoms with E-state index in [4.69, 9.17) is 9.47 Å². The highest BCUT2D eigenvalue weighted by atomic mass is 16.5. The van der Waals surface area contributed by atoms with Crippen LogP contribution < -0.4 is 20.1 Å². The minimum atomic E-state index is -0.509. The Labute approximate surface area is 192 Å². The maximum atomic E-state index is 12.4. The van der Waals surface area contributed by atoms with E-state index in [9.17, 15) is 14.4 Å². The Hall–Kier alpha value is -3.81. The molecule has 0 aromatic heterocycles. The average Bonchev–Trinajstić information content (AvgIpc) is 3.16. The van der Waals surface area contributed by atoms with E-state index < -0.39 is 5.97 Å². The topological polar surface area (TPSA) is 103 Å². The number of nitrogens with one attached hydrogen (secondary N) is 2. The van der Waals surface area contributed by atoms with Gasteiger partial charge in [-0.05, 0) is 49.8 Å². The van der Waals surface area contributed by atoms with E-state index in [0.29, 0.717) is 18.0 Å². The molecule has 1 atom stereocenters. The van der Waals surface area contributed by atoms with Crippen molar-refractivity contribution in [2.24, 2.45) is 0 Å². The molecule has 2 aromatic carbocycles. The van der Waals surface area contributed by atoms with Gasteiger partial charge in [0.1, 0.15) is 24.1 Å². The number of hydrogen-bond acceptors (Lipinski definition) is 6. The molecule has 3 rings (SSSR count). The lowest BCUT2D eigenvalue weighted by Crippen LogP contribution is -2.31. The van der Waals surface area contributed by atoms with E-state index in [0.717, 1.165) is 28.9 Å². The Kier molecular flexibility index (Phi) is 8.07. The van der Waals surface area contributed by atoms with Crippen molar-refractivity contribution in [3.8, 4) is 11.5 Å². The van der Waals surface area contributed by atoms with Crippen LogP contribution in [-0.2, 0) is 32.0 Å². The monoisotopic (exact) mass is 452 g/mol. The summed E-state index contributed by atoms with van der Waals surface area (Å²) in [6.45, 7) is 4.29. The first-order valence-electron chi connectivity index (χ1n) is 10.8. The number of amides is 2. The van der Waals surface area contributed by atoms with E-state index in [1.165, 1.54) is 13.2 Å². The third-order valence-electron chi connectivity index (χ3n) is 4.99. The summed E-state index contributed by atoms with van der Waals surface area (Å²) < 4.78 is 16.0. The molecule has 1 heterocycles. The van der Waals surface area contributed by atoms with Gasteiger partial charge in [0.25, 0.3) is 0 Å². The molecule has 1 aliphatic heterocycles. The molecule has 1 aliphatic rings. The molecule has 8 nitrogen and oxygen atoms in total. The molecule has 0 saturated carbocycles. The molecule has 0 saturated heterocycles. The molecular formula is C25H28N2O6. The zero-order valence-corrected chi connectivity index (χ0v) is 19.0. The minimum Gasteiger partial charge on any atom is -0.493 e. The third-order valence-corrected chi connectivity index (χ3v) is 4.99. The summed E-state index contributed by atoms with van der Waals surface area (Å²) in [5, 5.41) is 5.27. The van der Waals surface area contributed by atoms with Gasteiger partial charge in [-0.3, -0.25) is 14.4 Å². The fraction of sp³-hybridized carbons (Fsp3) is 0.320. The number of carbonyl (C=O) groups is 3. The maximum Gasteiger partial charge on any atom is 0.325 e. The summed E-state index contributed by atoms with van der Waals surface area (Å²) in [6.07, 6.45) is 4.22. The SMILES string of the molecule is CCOc1cc2c(cc1C=CC(=O)Nc1ccc(CC(=O)NCC(=O)OC)cc1)OC(C)C2. The Balaban J connectivity index is 1.58. The second kappa shape index (κ2) is 11.2. The van der Waals surface area contributed by atoms with Crippen molar-refractivity contribution in [3.05, 3.63) is 59.2 Å². The molecule has 0 aliphatic carbocycles. The predicted molar refractivity (Wildman–Crippen MR) is 124 cm³/mol. The van der Waals surface area contributed by atoms with Crippen LogP contribution in [0.25, 0.3) is 6.08 Å². The quantitative estimate of drug-likeness (QED) is 0.448. The Morgan fingerprint density at radius 2 is 1.94 bits per heavy atom. The molecular weight excluding hydrogens is 424 g/mol. The molecule has 2 aromatic rings. The van der Waals surface area contributed by atoms with Gasteiger partial charge in [-0.25, -0.2) is 0 Å². The Morgan fingerprint density at radius 3 is 2.64 bits per heavy atom.